The molecule has 4 rings (SSSR count). The minimum Gasteiger partial charge on any atom is -0.366 e. The Balaban J connectivity index is 1.52. The Labute approximate surface area is 181 Å². The topological polar surface area (TPSA) is 66.5 Å². The van der Waals surface area contributed by atoms with Crippen molar-refractivity contribution < 1.29 is 30.7 Å². The first-order chi connectivity index (χ1) is 15.5. The van der Waals surface area contributed by atoms with E-state index in [-0.39, 0.29) is 40.9 Å². The van der Waals surface area contributed by atoms with Gasteiger partial charge in [-0.05, 0) is 23.8 Å². The normalized spacial score (nSPS) is 12.3. The maximum atomic E-state index is 14.6. The van der Waals surface area contributed by atoms with Crippen LogP contribution in [0.15, 0.2) is 49.1 Å². The van der Waals surface area contributed by atoms with Gasteiger partial charge in [-0.1, -0.05) is 6.07 Å². The molecule has 0 aliphatic heterocycles. The largest absolute Gasteiger partial charge is 0.417 e. The molecule has 0 radical (unpaired) electrons. The lowest BCUT2D eigenvalue weighted by Crippen LogP contribution is -2.13. The van der Waals surface area contributed by atoms with E-state index in [9.17, 15) is 30.7 Å². The van der Waals surface area contributed by atoms with E-state index in [2.05, 4.69) is 25.3 Å². The van der Waals surface area contributed by atoms with Crippen molar-refractivity contribution in [1.82, 2.24) is 19.9 Å². The molecule has 0 aromatic carbocycles. The Morgan fingerprint density at radius 3 is 2.39 bits per heavy atom. The smallest absolute Gasteiger partial charge is 0.366 e. The van der Waals surface area contributed by atoms with Gasteiger partial charge in [0.2, 0.25) is 5.95 Å². The standard InChI is InChI=1S/C21H14F7N5/c22-18-11(5-12-8-31-19-15(12)6-14(10-32-19)20(23,24)25)1-2-17(33-18)30-9-13-7-29-4-3-16(13)21(26,27)28/h1-4,6-8,10H,5,9H2,(H,30,33)(H,31,32). The predicted octanol–water partition coefficient (Wildman–Crippen LogP) is 5.73. The SMILES string of the molecule is Fc1nc(NCc2cnccc2C(F)(F)F)ccc1Cc1c[nH]c2ncc(C(F)(F)F)cc12. The molecule has 4 aromatic rings. The van der Waals surface area contributed by atoms with Gasteiger partial charge in [0.25, 0.3) is 0 Å². The van der Waals surface area contributed by atoms with Crippen LogP contribution in [0, 0.1) is 5.95 Å². The fourth-order valence-electron chi connectivity index (χ4n) is 3.29. The van der Waals surface area contributed by atoms with Crippen molar-refractivity contribution in [3.8, 4) is 0 Å². The summed E-state index contributed by atoms with van der Waals surface area (Å²) in [7, 11) is 0. The molecule has 0 atom stereocenters. The van der Waals surface area contributed by atoms with Crippen molar-refractivity contribution in [2.75, 3.05) is 5.32 Å². The zero-order valence-corrected chi connectivity index (χ0v) is 16.5. The highest BCUT2D eigenvalue weighted by molar-refractivity contribution is 5.80. The Kier molecular flexibility index (Phi) is 5.68. The first-order valence-electron chi connectivity index (χ1n) is 9.45. The molecular formula is C21H14F7N5. The Bertz CT molecular complexity index is 1290. The van der Waals surface area contributed by atoms with Gasteiger partial charge in [0.05, 0.1) is 11.1 Å². The quantitative estimate of drug-likeness (QED) is 0.289. The van der Waals surface area contributed by atoms with Gasteiger partial charge in [-0.3, -0.25) is 4.98 Å². The van der Waals surface area contributed by atoms with Gasteiger partial charge >= 0.3 is 12.4 Å². The molecule has 0 fully saturated rings. The number of fused-ring (bicyclic) bond motifs is 1. The van der Waals surface area contributed by atoms with Gasteiger partial charge in [0.1, 0.15) is 11.5 Å². The van der Waals surface area contributed by atoms with E-state index in [0.717, 1.165) is 24.5 Å². The summed E-state index contributed by atoms with van der Waals surface area (Å²) in [6.07, 6.45) is -4.98. The van der Waals surface area contributed by atoms with Crippen LogP contribution in [0.2, 0.25) is 0 Å². The first-order valence-corrected chi connectivity index (χ1v) is 9.45. The van der Waals surface area contributed by atoms with Gasteiger partial charge in [-0.25, -0.2) is 9.97 Å². The number of nitrogens with zero attached hydrogens (tertiary/aromatic N) is 3. The third kappa shape index (κ3) is 4.89. The van der Waals surface area contributed by atoms with Crippen LogP contribution in [0.5, 0.6) is 0 Å². The van der Waals surface area contributed by atoms with Gasteiger partial charge in [-0.15, -0.1) is 0 Å². The molecule has 0 spiro atoms. The lowest BCUT2D eigenvalue weighted by molar-refractivity contribution is -0.138. The summed E-state index contributed by atoms with van der Waals surface area (Å²) in [5.41, 5.74) is -1.23. The summed E-state index contributed by atoms with van der Waals surface area (Å²) in [4.78, 5) is 13.9. The van der Waals surface area contributed by atoms with E-state index in [1.165, 1.54) is 18.3 Å². The lowest BCUT2D eigenvalue weighted by atomic mass is 10.1. The number of pyridine rings is 3. The van der Waals surface area contributed by atoms with Crippen LogP contribution in [0.3, 0.4) is 0 Å². The van der Waals surface area contributed by atoms with E-state index in [0.29, 0.717) is 11.8 Å². The number of hydrogen-bond donors (Lipinski definition) is 2. The summed E-state index contributed by atoms with van der Waals surface area (Å²) in [5, 5.41) is 2.82. The van der Waals surface area contributed by atoms with Crippen molar-refractivity contribution in [1.29, 1.82) is 0 Å². The molecule has 0 unspecified atom stereocenters. The third-order valence-electron chi connectivity index (χ3n) is 4.92. The number of nitrogens with one attached hydrogen (secondary N) is 2. The molecule has 5 nitrogen and oxygen atoms in total. The van der Waals surface area contributed by atoms with Crippen molar-refractivity contribution >= 4 is 16.9 Å². The van der Waals surface area contributed by atoms with E-state index in [1.807, 2.05) is 0 Å². The summed E-state index contributed by atoms with van der Waals surface area (Å²) in [6, 6.07) is 4.50. The molecule has 172 valence electrons. The second-order valence-electron chi connectivity index (χ2n) is 7.14. The third-order valence-corrected chi connectivity index (χ3v) is 4.92. The van der Waals surface area contributed by atoms with Gasteiger partial charge in [-0.2, -0.15) is 30.7 Å². The number of rotatable bonds is 5. The van der Waals surface area contributed by atoms with E-state index in [4.69, 9.17) is 0 Å². The molecule has 0 aliphatic carbocycles. The fraction of sp³-hybridized carbons (Fsp3) is 0.190. The van der Waals surface area contributed by atoms with Crippen LogP contribution < -0.4 is 5.32 Å². The summed E-state index contributed by atoms with van der Waals surface area (Å²) < 4.78 is 92.7. The maximum absolute atomic E-state index is 14.6. The minimum absolute atomic E-state index is 0.00632. The molecule has 0 bridgehead atoms. The highest BCUT2D eigenvalue weighted by Gasteiger charge is 2.33. The van der Waals surface area contributed by atoms with E-state index in [1.54, 1.807) is 0 Å². The minimum atomic E-state index is -4.57. The predicted molar refractivity (Wildman–Crippen MR) is 105 cm³/mol. The molecular weight excluding hydrogens is 455 g/mol. The first kappa shape index (κ1) is 22.5. The number of halogens is 7. The molecule has 0 aliphatic rings. The summed E-state index contributed by atoms with van der Waals surface area (Å²) in [5.74, 6) is -0.912. The summed E-state index contributed by atoms with van der Waals surface area (Å²) >= 11 is 0. The summed E-state index contributed by atoms with van der Waals surface area (Å²) in [6.45, 7) is -0.289. The fourth-order valence-corrected chi connectivity index (χ4v) is 3.29. The average Bonchev–Trinajstić information content (AvgIpc) is 3.15. The second-order valence-corrected chi connectivity index (χ2v) is 7.14. The number of aromatic nitrogens is 4. The Morgan fingerprint density at radius 2 is 1.70 bits per heavy atom. The van der Waals surface area contributed by atoms with Gasteiger partial charge < -0.3 is 10.3 Å². The molecule has 4 aromatic heterocycles. The van der Waals surface area contributed by atoms with Crippen LogP contribution >= 0.6 is 0 Å². The molecule has 0 saturated carbocycles. The van der Waals surface area contributed by atoms with Crippen LogP contribution in [0.25, 0.3) is 11.0 Å². The highest BCUT2D eigenvalue weighted by atomic mass is 19.4. The zero-order chi connectivity index (χ0) is 23.8. The monoisotopic (exact) mass is 469 g/mol. The van der Waals surface area contributed by atoms with E-state index < -0.39 is 29.4 Å². The van der Waals surface area contributed by atoms with Crippen molar-refractivity contribution in [3.63, 3.8) is 0 Å². The maximum Gasteiger partial charge on any atom is 0.417 e. The number of hydrogen-bond acceptors (Lipinski definition) is 4. The second kappa shape index (κ2) is 8.34. The van der Waals surface area contributed by atoms with Crippen LogP contribution in [0.1, 0.15) is 27.8 Å². The number of alkyl halides is 6. The molecule has 12 heteroatoms. The van der Waals surface area contributed by atoms with Gasteiger partial charge in [0, 0.05) is 54.3 Å². The highest BCUT2D eigenvalue weighted by Crippen LogP contribution is 2.33. The van der Waals surface area contributed by atoms with Crippen molar-refractivity contribution in [3.05, 3.63) is 82.8 Å². The van der Waals surface area contributed by atoms with Crippen LogP contribution in [-0.4, -0.2) is 19.9 Å². The molecule has 2 N–H and O–H groups in total. The number of aromatic amines is 1. The average molecular weight is 469 g/mol. The number of H-pyrrole nitrogens is 1. The Morgan fingerprint density at radius 1 is 0.909 bits per heavy atom. The molecule has 4 heterocycles. The van der Waals surface area contributed by atoms with Crippen molar-refractivity contribution in [2.24, 2.45) is 0 Å². The van der Waals surface area contributed by atoms with E-state index >= 15 is 0 Å². The van der Waals surface area contributed by atoms with Crippen LogP contribution in [-0.2, 0) is 25.3 Å². The zero-order valence-electron chi connectivity index (χ0n) is 16.5. The lowest BCUT2D eigenvalue weighted by Gasteiger charge is -2.13. The van der Waals surface area contributed by atoms with Crippen LogP contribution in [0.4, 0.5) is 36.6 Å². The Hall–Kier alpha value is -3.70. The molecule has 0 amide bonds. The number of anilines is 1. The van der Waals surface area contributed by atoms with Crippen molar-refractivity contribution in [2.45, 2.75) is 25.3 Å². The van der Waals surface area contributed by atoms with Gasteiger partial charge in [0.15, 0.2) is 0 Å². The molecule has 33 heavy (non-hydrogen) atoms. The molecule has 0 saturated heterocycles.